The van der Waals surface area contributed by atoms with Crippen molar-refractivity contribution in [2.24, 2.45) is 19.1 Å². The van der Waals surface area contributed by atoms with E-state index in [1.807, 2.05) is 0 Å². The van der Waals surface area contributed by atoms with Crippen LogP contribution in [0.5, 0.6) is 0 Å². The Morgan fingerprint density at radius 3 is 2.48 bits per heavy atom. The average Bonchev–Trinajstić information content (AvgIpc) is 2.95. The second kappa shape index (κ2) is 4.94. The summed E-state index contributed by atoms with van der Waals surface area (Å²) in [6, 6.07) is 1.97. The maximum atomic E-state index is 13.1. The van der Waals surface area contributed by atoms with Crippen LogP contribution in [-0.4, -0.2) is 15.3 Å². The van der Waals surface area contributed by atoms with E-state index >= 15 is 0 Å². The number of benzene rings is 1. The predicted molar refractivity (Wildman–Crippen MR) is 78.7 cm³/mol. The molecule has 120 valence electrons. The third-order valence-corrected chi connectivity index (χ3v) is 3.81. The number of rotatable bonds is 1. The topological polar surface area (TPSA) is 56.4 Å². The van der Waals surface area contributed by atoms with Crippen molar-refractivity contribution < 1.29 is 13.2 Å². The number of halogens is 3. The Morgan fingerprint density at radius 1 is 1.13 bits per heavy atom. The van der Waals surface area contributed by atoms with Crippen LogP contribution in [0, 0.1) is 0 Å². The number of aliphatic imine (C=N–C) groups is 1. The van der Waals surface area contributed by atoms with E-state index in [2.05, 4.69) is 4.99 Å². The van der Waals surface area contributed by atoms with Crippen LogP contribution in [0.2, 0.25) is 0 Å². The molecule has 0 bridgehead atoms. The molecule has 5 nitrogen and oxygen atoms in total. The zero-order chi connectivity index (χ0) is 16.9. The zero-order valence-electron chi connectivity index (χ0n) is 12.3. The molecule has 0 fully saturated rings. The van der Waals surface area contributed by atoms with Crippen molar-refractivity contribution in [3.05, 3.63) is 55.9 Å². The number of aryl methyl sites for hydroxylation is 1. The van der Waals surface area contributed by atoms with Gasteiger partial charge in [-0.3, -0.25) is 14.4 Å². The highest BCUT2D eigenvalue weighted by atomic mass is 19.4. The standard InChI is InChI=1S/C15H12F3N3O2/c1-20-7-12(13(22)21(2)14(20)23)10-4-9(15(16,17)18)3-8-5-19-6-11(8)10/h3-4,6-7H,5H2,1-2H3. The van der Waals surface area contributed by atoms with Gasteiger partial charge in [-0.15, -0.1) is 0 Å². The number of alkyl halides is 3. The average molecular weight is 323 g/mol. The number of nitrogens with zero attached hydrogens (tertiary/aromatic N) is 3. The fraction of sp³-hybridized carbons (Fsp3) is 0.267. The van der Waals surface area contributed by atoms with E-state index in [0.29, 0.717) is 11.1 Å². The molecule has 1 aromatic carbocycles. The normalized spacial score (nSPS) is 13.4. The predicted octanol–water partition coefficient (Wildman–Crippen LogP) is 1.70. The number of hydrogen-bond acceptors (Lipinski definition) is 3. The van der Waals surface area contributed by atoms with Gasteiger partial charge in [-0.05, 0) is 23.3 Å². The summed E-state index contributed by atoms with van der Waals surface area (Å²) in [5, 5.41) is 0. The Morgan fingerprint density at radius 2 is 1.83 bits per heavy atom. The monoisotopic (exact) mass is 323 g/mol. The van der Waals surface area contributed by atoms with Crippen molar-refractivity contribution in [1.29, 1.82) is 0 Å². The van der Waals surface area contributed by atoms with Gasteiger partial charge >= 0.3 is 11.9 Å². The quantitative estimate of drug-likeness (QED) is 0.802. The summed E-state index contributed by atoms with van der Waals surface area (Å²) < 4.78 is 41.3. The molecule has 2 aromatic rings. The lowest BCUT2D eigenvalue weighted by molar-refractivity contribution is -0.137. The minimum Gasteiger partial charge on any atom is -0.303 e. The van der Waals surface area contributed by atoms with Gasteiger partial charge in [-0.25, -0.2) is 4.79 Å². The van der Waals surface area contributed by atoms with Gasteiger partial charge in [0.2, 0.25) is 0 Å². The molecule has 0 saturated carbocycles. The molecule has 0 radical (unpaired) electrons. The van der Waals surface area contributed by atoms with Crippen molar-refractivity contribution in [3.63, 3.8) is 0 Å². The van der Waals surface area contributed by atoms with Gasteiger partial charge < -0.3 is 4.57 Å². The fourth-order valence-corrected chi connectivity index (χ4v) is 2.61. The third-order valence-electron chi connectivity index (χ3n) is 3.81. The Bertz CT molecular complexity index is 952. The molecule has 0 saturated heterocycles. The third kappa shape index (κ3) is 2.39. The lowest BCUT2D eigenvalue weighted by atomic mass is 9.95. The molecule has 1 aliphatic heterocycles. The summed E-state index contributed by atoms with van der Waals surface area (Å²) >= 11 is 0. The SMILES string of the molecule is Cn1cc(-c2cc(C(F)(F)F)cc3c2C=NC3)c(=O)n(C)c1=O. The molecule has 0 unspecified atom stereocenters. The van der Waals surface area contributed by atoms with Crippen molar-refractivity contribution in [2.45, 2.75) is 12.7 Å². The molecule has 8 heteroatoms. The highest BCUT2D eigenvalue weighted by Gasteiger charge is 2.33. The maximum Gasteiger partial charge on any atom is 0.416 e. The number of hydrogen-bond donors (Lipinski definition) is 0. The molecule has 3 rings (SSSR count). The molecule has 23 heavy (non-hydrogen) atoms. The van der Waals surface area contributed by atoms with E-state index in [1.54, 1.807) is 0 Å². The highest BCUT2D eigenvalue weighted by molar-refractivity contribution is 5.94. The molecular weight excluding hydrogens is 311 g/mol. The van der Waals surface area contributed by atoms with Crippen LogP contribution >= 0.6 is 0 Å². The zero-order valence-corrected chi connectivity index (χ0v) is 12.3. The van der Waals surface area contributed by atoms with E-state index in [0.717, 1.165) is 21.3 Å². The van der Waals surface area contributed by atoms with Crippen molar-refractivity contribution >= 4 is 6.21 Å². The Balaban J connectivity index is 2.38. The van der Waals surface area contributed by atoms with E-state index in [9.17, 15) is 22.8 Å². The summed E-state index contributed by atoms with van der Waals surface area (Å²) in [4.78, 5) is 28.1. The van der Waals surface area contributed by atoms with Crippen LogP contribution in [-0.2, 0) is 26.8 Å². The molecule has 0 atom stereocenters. The second-order valence-electron chi connectivity index (χ2n) is 5.36. The minimum absolute atomic E-state index is 0.0327. The van der Waals surface area contributed by atoms with Gasteiger partial charge in [0.15, 0.2) is 0 Å². The highest BCUT2D eigenvalue weighted by Crippen LogP contribution is 2.36. The van der Waals surface area contributed by atoms with Crippen molar-refractivity contribution in [3.8, 4) is 11.1 Å². The van der Waals surface area contributed by atoms with Crippen LogP contribution in [0.25, 0.3) is 11.1 Å². The first-order valence-electron chi connectivity index (χ1n) is 6.71. The smallest absolute Gasteiger partial charge is 0.303 e. The molecule has 0 aliphatic carbocycles. The Hall–Kier alpha value is -2.64. The van der Waals surface area contributed by atoms with Crippen LogP contribution < -0.4 is 11.2 Å². The summed E-state index contributed by atoms with van der Waals surface area (Å²) in [5.41, 5.74) is -0.976. The van der Waals surface area contributed by atoms with Gasteiger partial charge in [-0.2, -0.15) is 13.2 Å². The first-order valence-corrected chi connectivity index (χ1v) is 6.71. The van der Waals surface area contributed by atoms with Gasteiger partial charge in [0.25, 0.3) is 5.56 Å². The van der Waals surface area contributed by atoms with E-state index < -0.39 is 23.0 Å². The maximum absolute atomic E-state index is 13.1. The molecule has 0 N–H and O–H groups in total. The Labute approximate surface area is 128 Å². The van der Waals surface area contributed by atoms with Gasteiger partial charge in [0.1, 0.15) is 0 Å². The first kappa shape index (κ1) is 15.3. The fourth-order valence-electron chi connectivity index (χ4n) is 2.61. The molecule has 0 amide bonds. The van der Waals surface area contributed by atoms with Crippen LogP contribution in [0.1, 0.15) is 16.7 Å². The van der Waals surface area contributed by atoms with Crippen LogP contribution in [0.15, 0.2) is 32.9 Å². The van der Waals surface area contributed by atoms with E-state index in [-0.39, 0.29) is 17.7 Å². The van der Waals surface area contributed by atoms with Gasteiger partial charge in [0.05, 0.1) is 17.7 Å². The lowest BCUT2D eigenvalue weighted by Crippen LogP contribution is -2.37. The molecular formula is C15H12F3N3O2. The van der Waals surface area contributed by atoms with Crippen LogP contribution in [0.4, 0.5) is 13.2 Å². The van der Waals surface area contributed by atoms with Gasteiger partial charge in [0, 0.05) is 32.1 Å². The van der Waals surface area contributed by atoms with Crippen molar-refractivity contribution in [1.82, 2.24) is 9.13 Å². The summed E-state index contributed by atoms with van der Waals surface area (Å²) in [6.07, 6.45) is -1.82. The lowest BCUT2D eigenvalue weighted by Gasteiger charge is -2.14. The molecule has 1 aliphatic rings. The molecule has 0 spiro atoms. The summed E-state index contributed by atoms with van der Waals surface area (Å²) in [6.45, 7) is 0.137. The largest absolute Gasteiger partial charge is 0.416 e. The molecule has 1 aromatic heterocycles. The second-order valence-corrected chi connectivity index (χ2v) is 5.36. The number of aromatic nitrogens is 2. The number of fused-ring (bicyclic) bond motifs is 1. The summed E-state index contributed by atoms with van der Waals surface area (Å²) in [7, 11) is 2.73. The van der Waals surface area contributed by atoms with Crippen molar-refractivity contribution in [2.75, 3.05) is 0 Å². The Kier molecular flexibility index (Phi) is 3.28. The molecule has 2 heterocycles. The first-order chi connectivity index (χ1) is 10.7. The summed E-state index contributed by atoms with van der Waals surface area (Å²) in [5.74, 6) is 0. The van der Waals surface area contributed by atoms with E-state index in [1.165, 1.54) is 26.5 Å². The van der Waals surface area contributed by atoms with E-state index in [4.69, 9.17) is 0 Å². The minimum atomic E-state index is -4.53. The van der Waals surface area contributed by atoms with Crippen LogP contribution in [0.3, 0.4) is 0 Å². The van der Waals surface area contributed by atoms with Gasteiger partial charge in [-0.1, -0.05) is 0 Å².